The van der Waals surface area contributed by atoms with Crippen LogP contribution in [-0.2, 0) is 5.41 Å². The Labute approximate surface area is 217 Å². The van der Waals surface area contributed by atoms with Gasteiger partial charge in [0, 0.05) is 22.6 Å². The van der Waals surface area contributed by atoms with E-state index in [0.29, 0.717) is 10.5 Å². The lowest BCUT2D eigenvalue weighted by atomic mass is 9.82. The zero-order chi connectivity index (χ0) is 26.6. The van der Waals surface area contributed by atoms with E-state index in [1.807, 2.05) is 31.2 Å². The maximum atomic E-state index is 14.8. The molecule has 3 rings (SSSR count). The van der Waals surface area contributed by atoms with Gasteiger partial charge in [0.25, 0.3) is 5.91 Å². The Kier molecular flexibility index (Phi) is 8.47. The van der Waals surface area contributed by atoms with Crippen molar-refractivity contribution in [1.29, 1.82) is 0 Å². The molecule has 5 nitrogen and oxygen atoms in total. The third-order valence-electron chi connectivity index (χ3n) is 5.97. The van der Waals surface area contributed by atoms with Crippen molar-refractivity contribution in [1.82, 2.24) is 5.32 Å². The number of hydrogen-bond donors (Lipinski definition) is 1. The number of halogens is 2. The molecule has 0 saturated carbocycles. The van der Waals surface area contributed by atoms with Crippen LogP contribution in [0.4, 0.5) is 13.8 Å². The van der Waals surface area contributed by atoms with E-state index < -0.39 is 22.5 Å². The van der Waals surface area contributed by atoms with Crippen LogP contribution < -0.4 is 5.32 Å². The van der Waals surface area contributed by atoms with Gasteiger partial charge in [0.05, 0.1) is 14.8 Å². The molecular weight excluding hydrogens is 502 g/mol. The number of hydrogen-bond acceptors (Lipinski definition) is 5. The van der Waals surface area contributed by atoms with Crippen molar-refractivity contribution in [3.63, 3.8) is 0 Å². The average molecular weight is 529 g/mol. The molecule has 0 spiro atoms. The Morgan fingerprint density at radius 3 is 2.36 bits per heavy atom. The minimum Gasteiger partial charge on any atom is -0.316 e. The van der Waals surface area contributed by atoms with Gasteiger partial charge in [-0.1, -0.05) is 74.7 Å². The summed E-state index contributed by atoms with van der Waals surface area (Å²) in [6, 6.07) is 13.9. The molecule has 0 radical (unpaired) electrons. The van der Waals surface area contributed by atoms with Crippen molar-refractivity contribution < 1.29 is 18.5 Å². The molecule has 9 heteroatoms. The molecule has 0 saturated heterocycles. The highest BCUT2D eigenvalue weighted by atomic mass is 32.2. The quantitative estimate of drug-likeness (QED) is 0.173. The van der Waals surface area contributed by atoms with Crippen molar-refractivity contribution in [2.45, 2.75) is 39.5 Å². The second-order valence-electron chi connectivity index (χ2n) is 8.77. The van der Waals surface area contributed by atoms with Gasteiger partial charge in [-0.15, -0.1) is 0 Å². The molecule has 0 fully saturated rings. The lowest BCUT2D eigenvalue weighted by Gasteiger charge is -2.23. The molecule has 188 valence electrons. The van der Waals surface area contributed by atoms with Crippen molar-refractivity contribution in [2.75, 3.05) is 0 Å². The van der Waals surface area contributed by atoms with E-state index in [0.717, 1.165) is 41.1 Å². The van der Waals surface area contributed by atoms with E-state index in [1.165, 1.54) is 29.8 Å². The van der Waals surface area contributed by atoms with Crippen LogP contribution in [-0.4, -0.2) is 10.8 Å². The van der Waals surface area contributed by atoms with Gasteiger partial charge in [-0.05, 0) is 53.7 Å². The number of carbonyl (C=O) groups is 1. The minimum atomic E-state index is -0.742. The fourth-order valence-corrected chi connectivity index (χ4v) is 5.05. The summed E-state index contributed by atoms with van der Waals surface area (Å²) in [7, 11) is 0. The van der Waals surface area contributed by atoms with Gasteiger partial charge in [0.15, 0.2) is 0 Å². The van der Waals surface area contributed by atoms with Crippen LogP contribution in [0.15, 0.2) is 66.2 Å². The smallest absolute Gasteiger partial charge is 0.316 e. The van der Waals surface area contributed by atoms with Gasteiger partial charge < -0.3 is 5.32 Å². The second-order valence-corrected chi connectivity index (χ2v) is 10.9. The average Bonchev–Trinajstić information content (AvgIpc) is 3.34. The Balaban J connectivity index is 1.95. The first kappa shape index (κ1) is 27.3. The molecule has 1 N–H and O–H groups in total. The van der Waals surface area contributed by atoms with E-state index in [1.54, 1.807) is 0 Å². The number of nitrogens with one attached hydrogen (secondary N) is 1. The number of rotatable bonds is 9. The van der Waals surface area contributed by atoms with Crippen LogP contribution in [0.3, 0.4) is 0 Å². The maximum absolute atomic E-state index is 14.8. The van der Waals surface area contributed by atoms with Gasteiger partial charge in [-0.2, -0.15) is 0 Å². The number of nitro groups is 1. The van der Waals surface area contributed by atoms with Crippen LogP contribution in [0.1, 0.15) is 60.5 Å². The van der Waals surface area contributed by atoms with Gasteiger partial charge in [0.2, 0.25) is 0 Å². The van der Waals surface area contributed by atoms with E-state index in [-0.39, 0.29) is 25.9 Å². The topological polar surface area (TPSA) is 72.2 Å². The summed E-state index contributed by atoms with van der Waals surface area (Å²) < 4.78 is 28.5. The van der Waals surface area contributed by atoms with Crippen LogP contribution in [0.25, 0.3) is 10.5 Å². The van der Waals surface area contributed by atoms with Gasteiger partial charge in [-0.3, -0.25) is 14.9 Å². The summed E-state index contributed by atoms with van der Waals surface area (Å²) in [5.74, 6) is -2.00. The summed E-state index contributed by atoms with van der Waals surface area (Å²) in [5, 5.41) is 13.6. The third-order valence-corrected chi connectivity index (χ3v) is 8.09. The monoisotopic (exact) mass is 528 g/mol. The molecule has 36 heavy (non-hydrogen) atoms. The second kappa shape index (κ2) is 11.2. The van der Waals surface area contributed by atoms with E-state index >= 15 is 0 Å². The van der Waals surface area contributed by atoms with Crippen LogP contribution in [0.2, 0.25) is 0 Å². The van der Waals surface area contributed by atoms with E-state index in [2.05, 4.69) is 32.7 Å². The molecule has 0 aliphatic heterocycles. The SMILES string of the molecule is C=C(NC(=O)c1ccc([N+](=O)[O-])s1)S/C(=C(\C)c1ccc(C(C)(C)CC)cc1)c1ccc(F)cc1F. The molecule has 0 unspecified atom stereocenters. The Hall–Kier alpha value is -3.30. The molecule has 2 aromatic carbocycles. The van der Waals surface area contributed by atoms with Crippen molar-refractivity contribution in [2.24, 2.45) is 0 Å². The molecule has 1 heterocycles. The van der Waals surface area contributed by atoms with Crippen LogP contribution in [0, 0.1) is 21.7 Å². The Morgan fingerprint density at radius 1 is 1.14 bits per heavy atom. The zero-order valence-corrected chi connectivity index (χ0v) is 22.0. The van der Waals surface area contributed by atoms with Crippen LogP contribution in [0.5, 0.6) is 0 Å². The first-order valence-corrected chi connectivity index (χ1v) is 12.8. The number of carbonyl (C=O) groups excluding carboxylic acids is 1. The highest BCUT2D eigenvalue weighted by Gasteiger charge is 2.21. The molecule has 0 aliphatic rings. The first-order chi connectivity index (χ1) is 16.9. The summed E-state index contributed by atoms with van der Waals surface area (Å²) in [6.45, 7) is 12.1. The number of thioether (sulfide) groups is 1. The zero-order valence-electron chi connectivity index (χ0n) is 20.4. The lowest BCUT2D eigenvalue weighted by Crippen LogP contribution is -2.19. The highest BCUT2D eigenvalue weighted by molar-refractivity contribution is 8.12. The molecule has 1 amide bonds. The minimum absolute atomic E-state index is 0.00618. The summed E-state index contributed by atoms with van der Waals surface area (Å²) in [5.41, 5.74) is 2.90. The summed E-state index contributed by atoms with van der Waals surface area (Å²) >= 11 is 1.78. The Morgan fingerprint density at radius 2 is 1.81 bits per heavy atom. The van der Waals surface area contributed by atoms with Crippen LogP contribution >= 0.6 is 23.1 Å². The normalized spacial score (nSPS) is 12.2. The fourth-order valence-electron chi connectivity index (χ4n) is 3.40. The Bertz CT molecular complexity index is 1350. The molecule has 1 aromatic heterocycles. The molecule has 0 aliphatic carbocycles. The molecule has 0 atom stereocenters. The number of benzene rings is 2. The van der Waals surface area contributed by atoms with Gasteiger partial charge in [-0.25, -0.2) is 8.78 Å². The molecule has 0 bridgehead atoms. The highest BCUT2D eigenvalue weighted by Crippen LogP contribution is 2.40. The van der Waals surface area contributed by atoms with Crippen molar-refractivity contribution in [3.8, 4) is 0 Å². The number of amides is 1. The summed E-state index contributed by atoms with van der Waals surface area (Å²) in [6.07, 6.45) is 0.968. The third kappa shape index (κ3) is 6.27. The van der Waals surface area contributed by atoms with Crippen molar-refractivity contribution >= 4 is 44.5 Å². The van der Waals surface area contributed by atoms with Gasteiger partial charge in [0.1, 0.15) is 11.6 Å². The molecular formula is C27H26F2N2O3S2. The first-order valence-electron chi connectivity index (χ1n) is 11.1. The summed E-state index contributed by atoms with van der Waals surface area (Å²) in [4.78, 5) is 23.5. The predicted octanol–water partition coefficient (Wildman–Crippen LogP) is 8.14. The van der Waals surface area contributed by atoms with Gasteiger partial charge >= 0.3 is 5.00 Å². The van der Waals surface area contributed by atoms with Crippen molar-refractivity contribution in [3.05, 3.63) is 110 Å². The number of nitrogens with zero attached hydrogens (tertiary/aromatic N) is 1. The number of allylic oxidation sites excluding steroid dienone is 1. The predicted molar refractivity (Wildman–Crippen MR) is 144 cm³/mol. The number of thiophene rings is 1. The maximum Gasteiger partial charge on any atom is 0.324 e. The van der Waals surface area contributed by atoms with E-state index in [4.69, 9.17) is 0 Å². The standard InChI is InChI=1S/C27H26F2N2O3S2/c1-6-27(4,5)19-9-7-18(8-10-19)16(2)25(21-12-11-20(28)15-22(21)29)35-17(3)30-26(32)23-13-14-24(36-23)31(33)34/h7-15H,3,6H2,1-2,4-5H3,(H,30,32)/b25-16+. The lowest BCUT2D eigenvalue weighted by molar-refractivity contribution is -0.380. The molecule has 3 aromatic rings. The fraction of sp³-hybridized carbons (Fsp3) is 0.222. The largest absolute Gasteiger partial charge is 0.324 e. The van der Waals surface area contributed by atoms with E-state index in [9.17, 15) is 23.7 Å².